The third-order valence-corrected chi connectivity index (χ3v) is 6.03. The van der Waals surface area contributed by atoms with E-state index in [4.69, 9.17) is 4.74 Å². The number of benzene rings is 2. The van der Waals surface area contributed by atoms with E-state index in [0.717, 1.165) is 40.1 Å². The smallest absolute Gasteiger partial charge is 0.325 e. The number of carbonyl (C=O) groups excluding carboxylic acids is 3. The van der Waals surface area contributed by atoms with E-state index >= 15 is 0 Å². The first kappa shape index (κ1) is 21.0. The van der Waals surface area contributed by atoms with Crippen LogP contribution in [0.2, 0.25) is 0 Å². The molecule has 0 spiro atoms. The van der Waals surface area contributed by atoms with Gasteiger partial charge in [0.05, 0.1) is 13.2 Å². The van der Waals surface area contributed by atoms with Crippen LogP contribution in [-0.4, -0.2) is 66.6 Å². The van der Waals surface area contributed by atoms with Crippen molar-refractivity contribution in [3.8, 4) is 0 Å². The van der Waals surface area contributed by atoms with Gasteiger partial charge in [0.15, 0.2) is 0 Å². The number of para-hydroxylation sites is 1. The van der Waals surface area contributed by atoms with Gasteiger partial charge in [0, 0.05) is 48.0 Å². The van der Waals surface area contributed by atoms with E-state index in [0.29, 0.717) is 25.3 Å². The maximum Gasteiger partial charge on any atom is 0.325 e. The Bertz CT molecular complexity index is 1180. The van der Waals surface area contributed by atoms with Gasteiger partial charge in [-0.05, 0) is 35.9 Å². The number of urea groups is 1. The Morgan fingerprint density at radius 3 is 2.61 bits per heavy atom. The van der Waals surface area contributed by atoms with E-state index in [1.165, 1.54) is 0 Å². The maximum absolute atomic E-state index is 12.8. The summed E-state index contributed by atoms with van der Waals surface area (Å²) in [6, 6.07) is 14.0. The lowest BCUT2D eigenvalue weighted by Crippen LogP contribution is -2.38. The van der Waals surface area contributed by atoms with Crippen molar-refractivity contribution in [3.05, 3.63) is 60.3 Å². The van der Waals surface area contributed by atoms with Gasteiger partial charge in [-0.1, -0.05) is 18.2 Å². The molecule has 0 radical (unpaired) electrons. The Balaban J connectivity index is 1.19. The van der Waals surface area contributed by atoms with Crippen LogP contribution < -0.4 is 15.5 Å². The van der Waals surface area contributed by atoms with Gasteiger partial charge in [-0.15, -0.1) is 0 Å². The van der Waals surface area contributed by atoms with Crippen LogP contribution in [0, 0.1) is 0 Å². The summed E-state index contributed by atoms with van der Waals surface area (Å²) in [4.78, 5) is 44.1. The fraction of sp³-hybridized carbons (Fsp3) is 0.292. The molecule has 2 aliphatic heterocycles. The monoisotopic (exact) mass is 447 g/mol. The van der Waals surface area contributed by atoms with E-state index in [2.05, 4.69) is 20.5 Å². The van der Waals surface area contributed by atoms with Crippen molar-refractivity contribution in [1.82, 2.24) is 15.2 Å². The highest BCUT2D eigenvalue weighted by Crippen LogP contribution is 2.22. The van der Waals surface area contributed by atoms with Gasteiger partial charge < -0.3 is 25.3 Å². The Hall–Kier alpha value is -3.85. The number of aromatic nitrogens is 1. The van der Waals surface area contributed by atoms with Crippen LogP contribution in [0.1, 0.15) is 5.56 Å². The summed E-state index contributed by atoms with van der Waals surface area (Å²) in [5, 5.41) is 6.47. The number of aromatic amines is 1. The minimum atomic E-state index is -0.697. The molecule has 0 bridgehead atoms. The molecule has 2 aliphatic rings. The number of ether oxygens (including phenoxy) is 1. The van der Waals surface area contributed by atoms with Crippen LogP contribution in [-0.2, 0) is 20.7 Å². The average molecular weight is 447 g/mol. The molecule has 4 amide bonds. The Morgan fingerprint density at radius 1 is 1.06 bits per heavy atom. The number of hydrogen-bond acceptors (Lipinski definition) is 5. The third kappa shape index (κ3) is 4.40. The van der Waals surface area contributed by atoms with Gasteiger partial charge >= 0.3 is 6.03 Å². The summed E-state index contributed by atoms with van der Waals surface area (Å²) < 4.78 is 5.37. The van der Waals surface area contributed by atoms with Crippen molar-refractivity contribution in [1.29, 1.82) is 0 Å². The molecule has 5 rings (SSSR count). The summed E-state index contributed by atoms with van der Waals surface area (Å²) in [6.07, 6.45) is 2.20. The van der Waals surface area contributed by atoms with Crippen molar-refractivity contribution in [3.63, 3.8) is 0 Å². The number of hydrogen-bond donors (Lipinski definition) is 3. The van der Waals surface area contributed by atoms with Crippen LogP contribution in [0.25, 0.3) is 10.9 Å². The lowest BCUT2D eigenvalue weighted by Gasteiger charge is -2.28. The molecule has 1 atom stereocenters. The number of nitrogens with zero attached hydrogens (tertiary/aromatic N) is 2. The second kappa shape index (κ2) is 8.95. The van der Waals surface area contributed by atoms with E-state index < -0.39 is 23.9 Å². The Labute approximate surface area is 190 Å². The van der Waals surface area contributed by atoms with E-state index in [9.17, 15) is 14.4 Å². The molecule has 2 fully saturated rings. The van der Waals surface area contributed by atoms with Crippen molar-refractivity contribution in [2.45, 2.75) is 12.5 Å². The molecule has 0 unspecified atom stereocenters. The summed E-state index contributed by atoms with van der Waals surface area (Å²) in [5.74, 6) is -0.825. The van der Waals surface area contributed by atoms with Crippen LogP contribution in [0.5, 0.6) is 0 Å². The SMILES string of the molecule is O=C(CN1C(=O)N[C@@H](Cc2c[nH]c3ccccc23)C1=O)Nc1ccc(N2CCOCC2)cc1. The number of fused-ring (bicyclic) bond motifs is 1. The summed E-state index contributed by atoms with van der Waals surface area (Å²) >= 11 is 0. The summed E-state index contributed by atoms with van der Waals surface area (Å²) in [6.45, 7) is 2.73. The van der Waals surface area contributed by atoms with Gasteiger partial charge in [-0.3, -0.25) is 14.5 Å². The number of carbonyl (C=O) groups is 3. The molecule has 3 aromatic rings. The first-order valence-electron chi connectivity index (χ1n) is 11.0. The molecule has 0 aliphatic carbocycles. The zero-order valence-electron chi connectivity index (χ0n) is 18.0. The third-order valence-electron chi connectivity index (χ3n) is 6.03. The maximum atomic E-state index is 12.8. The highest BCUT2D eigenvalue weighted by Gasteiger charge is 2.39. The van der Waals surface area contributed by atoms with Crippen LogP contribution >= 0.6 is 0 Å². The molecule has 3 N–H and O–H groups in total. The standard InChI is InChI=1S/C24H25N5O4/c30-22(26-17-5-7-18(8-6-17)28-9-11-33-12-10-28)15-29-23(31)21(27-24(29)32)13-16-14-25-20-4-2-1-3-19(16)20/h1-8,14,21,25H,9-13,15H2,(H,26,30)(H,27,32)/t21-/m0/s1. The Morgan fingerprint density at radius 2 is 1.82 bits per heavy atom. The zero-order valence-corrected chi connectivity index (χ0v) is 18.0. The molecule has 9 nitrogen and oxygen atoms in total. The first-order valence-corrected chi connectivity index (χ1v) is 11.0. The number of nitrogens with one attached hydrogen (secondary N) is 3. The molecule has 3 heterocycles. The molecule has 2 aromatic carbocycles. The van der Waals surface area contributed by atoms with Gasteiger partial charge in [0.1, 0.15) is 12.6 Å². The number of morpholine rings is 1. The topological polar surface area (TPSA) is 107 Å². The quantitative estimate of drug-likeness (QED) is 0.502. The predicted molar refractivity (Wildman–Crippen MR) is 124 cm³/mol. The minimum Gasteiger partial charge on any atom is -0.378 e. The van der Waals surface area contributed by atoms with Crippen molar-refractivity contribution in [2.24, 2.45) is 0 Å². The highest BCUT2D eigenvalue weighted by molar-refractivity contribution is 6.08. The largest absolute Gasteiger partial charge is 0.378 e. The van der Waals surface area contributed by atoms with Crippen molar-refractivity contribution in [2.75, 3.05) is 43.1 Å². The van der Waals surface area contributed by atoms with Crippen LogP contribution in [0.3, 0.4) is 0 Å². The molecular formula is C24H25N5O4. The molecule has 170 valence electrons. The van der Waals surface area contributed by atoms with Crippen molar-refractivity contribution >= 4 is 40.1 Å². The number of H-pyrrole nitrogens is 1. The van der Waals surface area contributed by atoms with Gasteiger partial charge in [0.2, 0.25) is 5.91 Å². The average Bonchev–Trinajstić information content (AvgIpc) is 3.36. The summed E-state index contributed by atoms with van der Waals surface area (Å²) in [7, 11) is 0. The van der Waals surface area contributed by atoms with Crippen LogP contribution in [0.15, 0.2) is 54.7 Å². The van der Waals surface area contributed by atoms with Crippen LogP contribution in [0.4, 0.5) is 16.2 Å². The minimum absolute atomic E-state index is 0.333. The molecular weight excluding hydrogens is 422 g/mol. The number of anilines is 2. The molecule has 1 aromatic heterocycles. The number of rotatable bonds is 6. The van der Waals surface area contributed by atoms with E-state index in [-0.39, 0.29) is 6.54 Å². The lowest BCUT2D eigenvalue weighted by molar-refractivity contribution is -0.130. The second-order valence-corrected chi connectivity index (χ2v) is 8.18. The lowest BCUT2D eigenvalue weighted by atomic mass is 10.1. The fourth-order valence-electron chi connectivity index (χ4n) is 4.31. The molecule has 9 heteroatoms. The second-order valence-electron chi connectivity index (χ2n) is 8.18. The van der Waals surface area contributed by atoms with Crippen molar-refractivity contribution < 1.29 is 19.1 Å². The summed E-state index contributed by atoms with van der Waals surface area (Å²) in [5.41, 5.74) is 3.58. The molecule has 33 heavy (non-hydrogen) atoms. The van der Waals surface area contributed by atoms with E-state index in [1.54, 1.807) is 0 Å². The molecule has 2 saturated heterocycles. The highest BCUT2D eigenvalue weighted by atomic mass is 16.5. The number of imide groups is 1. The predicted octanol–water partition coefficient (Wildman–Crippen LogP) is 2.11. The normalized spacial score (nSPS) is 18.6. The number of amides is 4. The van der Waals surface area contributed by atoms with E-state index in [1.807, 2.05) is 54.7 Å². The van der Waals surface area contributed by atoms with Gasteiger partial charge in [0.25, 0.3) is 5.91 Å². The first-order chi connectivity index (χ1) is 16.1. The Kier molecular flexibility index (Phi) is 5.70. The van der Waals surface area contributed by atoms with Gasteiger partial charge in [-0.25, -0.2) is 4.79 Å². The van der Waals surface area contributed by atoms with Gasteiger partial charge in [-0.2, -0.15) is 0 Å². The zero-order chi connectivity index (χ0) is 22.8. The molecule has 0 saturated carbocycles. The fourth-order valence-corrected chi connectivity index (χ4v) is 4.31.